The second kappa shape index (κ2) is 3.56. The summed E-state index contributed by atoms with van der Waals surface area (Å²) < 4.78 is 0. The number of rotatable bonds is 2. The molecule has 2 heteroatoms. The van der Waals surface area contributed by atoms with Crippen LogP contribution in [0.2, 0.25) is 0 Å². The Morgan fingerprint density at radius 3 is 2.50 bits per heavy atom. The number of likely N-dealkylation sites (N-methyl/N-ethyl adjacent to an activating group) is 1. The highest BCUT2D eigenvalue weighted by Crippen LogP contribution is 2.65. The van der Waals surface area contributed by atoms with Crippen LogP contribution in [0.3, 0.4) is 0 Å². The van der Waals surface area contributed by atoms with Gasteiger partial charge in [-0.2, -0.15) is 0 Å². The highest BCUT2D eigenvalue weighted by atomic mass is 16.1. The Morgan fingerprint density at radius 2 is 1.94 bits per heavy atom. The lowest BCUT2D eigenvalue weighted by atomic mass is 9.91. The fourth-order valence-electron chi connectivity index (χ4n) is 4.49. The van der Waals surface area contributed by atoms with Crippen molar-refractivity contribution in [2.45, 2.75) is 51.5 Å². The van der Waals surface area contributed by atoms with E-state index >= 15 is 0 Å². The van der Waals surface area contributed by atoms with Crippen LogP contribution in [0.25, 0.3) is 0 Å². The van der Waals surface area contributed by atoms with Gasteiger partial charge in [-0.1, -0.05) is 25.7 Å². The topological polar surface area (TPSA) is 20.3 Å². The summed E-state index contributed by atoms with van der Waals surface area (Å²) in [4.78, 5) is 13.9. The van der Waals surface area contributed by atoms with Crippen LogP contribution in [0.5, 0.6) is 0 Å². The van der Waals surface area contributed by atoms with Gasteiger partial charge in [0.25, 0.3) is 0 Å². The van der Waals surface area contributed by atoms with E-state index in [4.69, 9.17) is 0 Å². The normalized spacial score (nSPS) is 44.4. The molecule has 2 aliphatic carbocycles. The van der Waals surface area contributed by atoms with Crippen molar-refractivity contribution < 1.29 is 4.79 Å². The first-order valence-electron chi connectivity index (χ1n) is 6.83. The lowest BCUT2D eigenvalue weighted by Crippen LogP contribution is -2.30. The minimum absolute atomic E-state index is 0.228. The van der Waals surface area contributed by atoms with Gasteiger partial charge in [0, 0.05) is 6.54 Å². The Bertz CT molecular complexity index is 308. The lowest BCUT2D eigenvalue weighted by molar-refractivity contribution is -0.120. The molecule has 1 saturated heterocycles. The molecule has 1 spiro atoms. The maximum absolute atomic E-state index is 11.6. The van der Waals surface area contributed by atoms with Crippen LogP contribution in [0, 0.1) is 17.3 Å². The molecule has 0 aromatic carbocycles. The van der Waals surface area contributed by atoms with E-state index in [1.54, 1.807) is 6.92 Å². The van der Waals surface area contributed by atoms with Gasteiger partial charge in [0.2, 0.25) is 0 Å². The van der Waals surface area contributed by atoms with Crippen molar-refractivity contribution in [3.05, 3.63) is 0 Å². The summed E-state index contributed by atoms with van der Waals surface area (Å²) in [6, 6.07) is 0.228. The summed E-state index contributed by atoms with van der Waals surface area (Å²) in [6.45, 7) is 2.94. The van der Waals surface area contributed by atoms with Gasteiger partial charge in [-0.25, -0.2) is 0 Å². The van der Waals surface area contributed by atoms with Gasteiger partial charge in [0.05, 0.1) is 6.04 Å². The molecular weight excluding hydrogens is 198 g/mol. The van der Waals surface area contributed by atoms with Gasteiger partial charge in [-0.05, 0) is 44.1 Å². The molecule has 1 unspecified atom stereocenters. The van der Waals surface area contributed by atoms with Crippen LogP contribution in [0.4, 0.5) is 0 Å². The number of carbonyl (C=O) groups excluding carboxylic acids is 1. The third-order valence-corrected chi connectivity index (χ3v) is 5.39. The van der Waals surface area contributed by atoms with Crippen molar-refractivity contribution in [3.63, 3.8) is 0 Å². The highest BCUT2D eigenvalue weighted by Gasteiger charge is 2.62. The fraction of sp³-hybridized carbons (Fsp3) is 0.929. The van der Waals surface area contributed by atoms with E-state index in [0.717, 1.165) is 18.3 Å². The Hall–Kier alpha value is -0.370. The quantitative estimate of drug-likeness (QED) is 0.714. The monoisotopic (exact) mass is 221 g/mol. The first-order valence-corrected chi connectivity index (χ1v) is 6.83. The van der Waals surface area contributed by atoms with Crippen LogP contribution >= 0.6 is 0 Å². The second-order valence-corrected chi connectivity index (χ2v) is 6.46. The van der Waals surface area contributed by atoms with E-state index in [-0.39, 0.29) is 6.04 Å². The molecule has 3 atom stereocenters. The number of likely N-dealkylation sites (tertiary alicyclic amines) is 1. The van der Waals surface area contributed by atoms with Gasteiger partial charge in [-0.3, -0.25) is 9.69 Å². The summed E-state index contributed by atoms with van der Waals surface area (Å²) >= 11 is 0. The summed E-state index contributed by atoms with van der Waals surface area (Å²) in [5, 5.41) is 0. The average molecular weight is 221 g/mol. The summed E-state index contributed by atoms with van der Waals surface area (Å²) in [5.41, 5.74) is 0.556. The van der Waals surface area contributed by atoms with E-state index in [1.165, 1.54) is 38.6 Å². The molecule has 3 fully saturated rings. The van der Waals surface area contributed by atoms with Crippen LogP contribution in [-0.2, 0) is 4.79 Å². The summed E-state index contributed by atoms with van der Waals surface area (Å²) in [7, 11) is 2.13. The molecule has 0 bridgehead atoms. The third-order valence-electron chi connectivity index (χ3n) is 5.39. The summed E-state index contributed by atoms with van der Waals surface area (Å²) in [6.07, 6.45) is 8.37. The van der Waals surface area contributed by atoms with Gasteiger partial charge in [0.15, 0.2) is 0 Å². The van der Waals surface area contributed by atoms with Crippen LogP contribution in [0.15, 0.2) is 0 Å². The number of Topliss-reactive ketones (excluding diaryl/α,β-unsaturated/α-hetero) is 1. The number of ketones is 1. The first kappa shape index (κ1) is 10.8. The van der Waals surface area contributed by atoms with Gasteiger partial charge in [0.1, 0.15) is 5.78 Å². The average Bonchev–Trinajstić information content (AvgIpc) is 2.67. The Kier molecular flexibility index (Phi) is 2.39. The molecule has 90 valence electrons. The number of carbonyl (C=O) groups is 1. The predicted molar refractivity (Wildman–Crippen MR) is 64.2 cm³/mol. The molecule has 0 amide bonds. The van der Waals surface area contributed by atoms with Gasteiger partial charge >= 0.3 is 0 Å². The van der Waals surface area contributed by atoms with Crippen molar-refractivity contribution in [2.75, 3.05) is 13.6 Å². The fourth-order valence-corrected chi connectivity index (χ4v) is 4.49. The maximum Gasteiger partial charge on any atom is 0.146 e. The highest BCUT2D eigenvalue weighted by molar-refractivity contribution is 5.82. The third kappa shape index (κ3) is 1.54. The van der Waals surface area contributed by atoms with E-state index in [9.17, 15) is 4.79 Å². The van der Waals surface area contributed by atoms with E-state index in [1.807, 2.05) is 0 Å². The van der Waals surface area contributed by atoms with Crippen molar-refractivity contribution >= 4 is 5.78 Å². The zero-order valence-electron chi connectivity index (χ0n) is 10.5. The van der Waals surface area contributed by atoms with E-state index in [2.05, 4.69) is 11.9 Å². The Morgan fingerprint density at radius 1 is 1.25 bits per heavy atom. The Labute approximate surface area is 98.4 Å². The molecule has 0 aromatic heterocycles. The minimum Gasteiger partial charge on any atom is -0.298 e. The van der Waals surface area contributed by atoms with Crippen LogP contribution in [-0.4, -0.2) is 30.3 Å². The molecule has 2 saturated carbocycles. The SMILES string of the molecule is CC(=O)[C@@H]1C[C@]2(CC2C2CCCC2)CN1C. The minimum atomic E-state index is 0.228. The molecular formula is C14H23NO. The van der Waals surface area contributed by atoms with Gasteiger partial charge in [-0.15, -0.1) is 0 Å². The maximum atomic E-state index is 11.6. The molecule has 2 nitrogen and oxygen atoms in total. The van der Waals surface area contributed by atoms with Crippen molar-refractivity contribution in [3.8, 4) is 0 Å². The zero-order chi connectivity index (χ0) is 11.3. The number of nitrogens with zero attached hydrogens (tertiary/aromatic N) is 1. The second-order valence-electron chi connectivity index (χ2n) is 6.46. The Balaban J connectivity index is 1.67. The van der Waals surface area contributed by atoms with Crippen LogP contribution < -0.4 is 0 Å². The van der Waals surface area contributed by atoms with Crippen molar-refractivity contribution in [1.82, 2.24) is 4.90 Å². The first-order chi connectivity index (χ1) is 7.62. The zero-order valence-corrected chi connectivity index (χ0v) is 10.5. The number of hydrogen-bond acceptors (Lipinski definition) is 2. The molecule has 3 rings (SSSR count). The number of hydrogen-bond donors (Lipinski definition) is 0. The molecule has 1 heterocycles. The predicted octanol–water partition coefficient (Wildman–Crippen LogP) is 2.48. The summed E-state index contributed by atoms with van der Waals surface area (Å²) in [5.74, 6) is 2.33. The standard InChI is InChI=1S/C14H23NO/c1-10(16)13-8-14(9-15(13)2)7-12(14)11-5-3-4-6-11/h11-13H,3-9H2,1-2H3/t12?,13-,14+/m0/s1. The largest absolute Gasteiger partial charge is 0.298 e. The van der Waals surface area contributed by atoms with Crippen molar-refractivity contribution in [2.24, 2.45) is 17.3 Å². The molecule has 0 aromatic rings. The molecule has 16 heavy (non-hydrogen) atoms. The van der Waals surface area contributed by atoms with E-state index in [0.29, 0.717) is 11.2 Å². The molecule has 3 aliphatic rings. The van der Waals surface area contributed by atoms with Crippen molar-refractivity contribution in [1.29, 1.82) is 0 Å². The van der Waals surface area contributed by atoms with E-state index < -0.39 is 0 Å². The molecule has 1 aliphatic heterocycles. The smallest absolute Gasteiger partial charge is 0.146 e. The molecule has 0 N–H and O–H groups in total. The van der Waals surface area contributed by atoms with Crippen LogP contribution in [0.1, 0.15) is 45.4 Å². The lowest BCUT2D eigenvalue weighted by Gasteiger charge is -2.15. The van der Waals surface area contributed by atoms with Gasteiger partial charge < -0.3 is 0 Å². The molecule has 0 radical (unpaired) electrons.